The van der Waals surface area contributed by atoms with Crippen LogP contribution in [-0.2, 0) is 6.54 Å². The molecule has 20 heavy (non-hydrogen) atoms. The maximum Gasteiger partial charge on any atom is 0.119 e. The van der Waals surface area contributed by atoms with Crippen LogP contribution in [0.1, 0.15) is 5.56 Å². The fourth-order valence-electron chi connectivity index (χ4n) is 1.93. The molecule has 4 heteroatoms. The van der Waals surface area contributed by atoms with Crippen LogP contribution in [0.15, 0.2) is 48.5 Å². The Labute approximate surface area is 124 Å². The number of anilines is 1. The first kappa shape index (κ1) is 14.7. The van der Waals surface area contributed by atoms with Crippen LogP contribution in [0.3, 0.4) is 0 Å². The molecule has 0 unspecified atom stereocenters. The zero-order valence-electron chi connectivity index (χ0n) is 11.6. The maximum absolute atomic E-state index is 5.83. The van der Waals surface area contributed by atoms with E-state index in [2.05, 4.69) is 18.0 Å². The average Bonchev–Trinajstić information content (AvgIpc) is 2.41. The molecule has 0 aliphatic heterocycles. The van der Waals surface area contributed by atoms with Gasteiger partial charge >= 0.3 is 0 Å². The van der Waals surface area contributed by atoms with E-state index >= 15 is 0 Å². The van der Waals surface area contributed by atoms with Crippen LogP contribution < -0.4 is 10.5 Å². The number of hydrogen-bond acceptors (Lipinski definition) is 3. The van der Waals surface area contributed by atoms with Crippen molar-refractivity contribution in [2.75, 3.05) is 25.9 Å². The number of hydrogen-bond donors (Lipinski definition) is 1. The van der Waals surface area contributed by atoms with Gasteiger partial charge in [-0.15, -0.1) is 0 Å². The highest BCUT2D eigenvalue weighted by molar-refractivity contribution is 6.30. The Kier molecular flexibility index (Phi) is 5.27. The Balaban J connectivity index is 1.75. The first-order valence-corrected chi connectivity index (χ1v) is 6.92. The third-order valence-corrected chi connectivity index (χ3v) is 3.21. The summed E-state index contributed by atoms with van der Waals surface area (Å²) in [5, 5.41) is 0.719. The van der Waals surface area contributed by atoms with Gasteiger partial charge in [0.2, 0.25) is 0 Å². The topological polar surface area (TPSA) is 38.5 Å². The van der Waals surface area contributed by atoms with Gasteiger partial charge in [-0.05, 0) is 49.0 Å². The maximum atomic E-state index is 5.83. The number of nitrogens with two attached hydrogens (primary N) is 1. The van der Waals surface area contributed by atoms with E-state index < -0.39 is 0 Å². The van der Waals surface area contributed by atoms with E-state index in [-0.39, 0.29) is 0 Å². The highest BCUT2D eigenvalue weighted by Gasteiger charge is 2.01. The number of ether oxygens (including phenoxy) is 1. The predicted molar refractivity (Wildman–Crippen MR) is 84.1 cm³/mol. The molecular formula is C16H19ClN2O. The van der Waals surface area contributed by atoms with Crippen LogP contribution in [0, 0.1) is 0 Å². The van der Waals surface area contributed by atoms with E-state index in [1.165, 1.54) is 5.56 Å². The molecule has 0 aromatic heterocycles. The second-order valence-corrected chi connectivity index (χ2v) is 5.22. The highest BCUT2D eigenvalue weighted by atomic mass is 35.5. The molecule has 0 radical (unpaired) electrons. The molecule has 0 amide bonds. The lowest BCUT2D eigenvalue weighted by molar-refractivity contribution is 0.233. The van der Waals surface area contributed by atoms with Crippen LogP contribution >= 0.6 is 11.6 Å². The third kappa shape index (κ3) is 4.76. The van der Waals surface area contributed by atoms with Gasteiger partial charge in [0.1, 0.15) is 12.4 Å². The normalized spacial score (nSPS) is 10.8. The summed E-state index contributed by atoms with van der Waals surface area (Å²) < 4.78 is 5.67. The number of halogens is 1. The van der Waals surface area contributed by atoms with Gasteiger partial charge in [0.15, 0.2) is 0 Å². The lowest BCUT2D eigenvalue weighted by Crippen LogP contribution is -2.23. The molecule has 2 aromatic rings. The molecule has 0 spiro atoms. The largest absolute Gasteiger partial charge is 0.492 e. The molecule has 0 aliphatic carbocycles. The summed E-state index contributed by atoms with van der Waals surface area (Å²) >= 11 is 5.83. The average molecular weight is 291 g/mol. The molecule has 0 aliphatic rings. The number of rotatable bonds is 6. The quantitative estimate of drug-likeness (QED) is 0.828. The molecule has 106 valence electrons. The van der Waals surface area contributed by atoms with Gasteiger partial charge in [-0.25, -0.2) is 0 Å². The van der Waals surface area contributed by atoms with Gasteiger partial charge in [-0.3, -0.25) is 4.90 Å². The SMILES string of the molecule is CN(CCOc1ccc(Cl)cc1)Cc1cccc(N)c1. The Hall–Kier alpha value is -1.71. The van der Waals surface area contributed by atoms with Crippen LogP contribution in [0.2, 0.25) is 5.02 Å². The summed E-state index contributed by atoms with van der Waals surface area (Å²) in [6, 6.07) is 15.3. The number of nitrogens with zero attached hydrogens (tertiary/aromatic N) is 1. The molecule has 2 aromatic carbocycles. The summed E-state index contributed by atoms with van der Waals surface area (Å²) in [6.45, 7) is 2.34. The third-order valence-electron chi connectivity index (χ3n) is 2.96. The second kappa shape index (κ2) is 7.17. The van der Waals surface area contributed by atoms with E-state index in [4.69, 9.17) is 22.1 Å². The standard InChI is InChI=1S/C16H19ClN2O/c1-19(12-13-3-2-4-15(18)11-13)9-10-20-16-7-5-14(17)6-8-16/h2-8,11H,9-10,12,18H2,1H3. The molecule has 2 N–H and O–H groups in total. The number of benzene rings is 2. The number of nitrogen functional groups attached to an aromatic ring is 1. The minimum absolute atomic E-state index is 0.639. The first-order chi connectivity index (χ1) is 9.63. The van der Waals surface area contributed by atoms with Crippen molar-refractivity contribution in [3.05, 3.63) is 59.1 Å². The van der Waals surface area contributed by atoms with E-state index in [9.17, 15) is 0 Å². The van der Waals surface area contributed by atoms with E-state index in [1.54, 1.807) is 0 Å². The molecule has 0 heterocycles. The summed E-state index contributed by atoms with van der Waals surface area (Å²) in [4.78, 5) is 2.20. The van der Waals surface area contributed by atoms with Gasteiger partial charge in [0, 0.05) is 23.8 Å². The zero-order valence-corrected chi connectivity index (χ0v) is 12.3. The van der Waals surface area contributed by atoms with Gasteiger partial charge in [0.25, 0.3) is 0 Å². The fourth-order valence-corrected chi connectivity index (χ4v) is 2.06. The van der Waals surface area contributed by atoms with Crippen molar-refractivity contribution < 1.29 is 4.74 Å². The molecule has 2 rings (SSSR count). The minimum atomic E-state index is 0.639. The van der Waals surface area contributed by atoms with E-state index in [0.29, 0.717) is 6.61 Å². The van der Waals surface area contributed by atoms with Gasteiger partial charge < -0.3 is 10.5 Å². The van der Waals surface area contributed by atoms with E-state index in [0.717, 1.165) is 29.5 Å². The summed E-state index contributed by atoms with van der Waals surface area (Å²) in [5.74, 6) is 0.840. The van der Waals surface area contributed by atoms with Crippen LogP contribution in [0.5, 0.6) is 5.75 Å². The van der Waals surface area contributed by atoms with Gasteiger partial charge in [0.05, 0.1) is 0 Å². The zero-order chi connectivity index (χ0) is 14.4. The van der Waals surface area contributed by atoms with Gasteiger partial charge in [-0.2, -0.15) is 0 Å². The highest BCUT2D eigenvalue weighted by Crippen LogP contribution is 2.15. The van der Waals surface area contributed by atoms with Crippen molar-refractivity contribution in [3.8, 4) is 5.75 Å². The minimum Gasteiger partial charge on any atom is -0.492 e. The van der Waals surface area contributed by atoms with Crippen molar-refractivity contribution in [3.63, 3.8) is 0 Å². The van der Waals surface area contributed by atoms with Crippen LogP contribution in [0.25, 0.3) is 0 Å². The molecule has 0 saturated heterocycles. The van der Waals surface area contributed by atoms with Crippen molar-refractivity contribution >= 4 is 17.3 Å². The monoisotopic (exact) mass is 290 g/mol. The van der Waals surface area contributed by atoms with Gasteiger partial charge in [-0.1, -0.05) is 23.7 Å². The summed E-state index contributed by atoms with van der Waals surface area (Å²) in [6.07, 6.45) is 0. The lowest BCUT2D eigenvalue weighted by atomic mass is 10.2. The smallest absolute Gasteiger partial charge is 0.119 e. The van der Waals surface area contributed by atoms with Crippen LogP contribution in [-0.4, -0.2) is 25.1 Å². The lowest BCUT2D eigenvalue weighted by Gasteiger charge is -2.17. The van der Waals surface area contributed by atoms with Crippen LogP contribution in [0.4, 0.5) is 5.69 Å². The molecule has 3 nitrogen and oxygen atoms in total. The van der Waals surface area contributed by atoms with Crippen molar-refractivity contribution in [1.29, 1.82) is 0 Å². The molecule has 0 saturated carbocycles. The molecule has 0 atom stereocenters. The first-order valence-electron chi connectivity index (χ1n) is 6.55. The Morgan fingerprint density at radius 3 is 2.60 bits per heavy atom. The summed E-state index contributed by atoms with van der Waals surface area (Å²) in [5.41, 5.74) is 7.78. The molecule has 0 fully saturated rings. The number of likely N-dealkylation sites (N-methyl/N-ethyl adjacent to an activating group) is 1. The van der Waals surface area contributed by atoms with Crippen molar-refractivity contribution in [1.82, 2.24) is 4.90 Å². The Morgan fingerprint density at radius 2 is 1.90 bits per heavy atom. The van der Waals surface area contributed by atoms with Crippen molar-refractivity contribution in [2.24, 2.45) is 0 Å². The molecule has 0 bridgehead atoms. The predicted octanol–water partition coefficient (Wildman–Crippen LogP) is 3.43. The Morgan fingerprint density at radius 1 is 1.15 bits per heavy atom. The van der Waals surface area contributed by atoms with Crippen molar-refractivity contribution in [2.45, 2.75) is 6.54 Å². The summed E-state index contributed by atoms with van der Waals surface area (Å²) in [7, 11) is 2.06. The van der Waals surface area contributed by atoms with E-state index in [1.807, 2.05) is 42.5 Å². The Bertz CT molecular complexity index is 542. The molecular weight excluding hydrogens is 272 g/mol. The fraction of sp³-hybridized carbons (Fsp3) is 0.250. The second-order valence-electron chi connectivity index (χ2n) is 4.79.